The largest absolute Gasteiger partial charge is 0.383 e. The predicted octanol–water partition coefficient (Wildman–Crippen LogP) is 2.07. The van der Waals surface area contributed by atoms with Crippen LogP contribution in [0.15, 0.2) is 33.0 Å². The zero-order valence-electron chi connectivity index (χ0n) is 12.6. The van der Waals surface area contributed by atoms with Gasteiger partial charge in [0.25, 0.3) is 0 Å². The van der Waals surface area contributed by atoms with E-state index in [9.17, 15) is 8.42 Å². The van der Waals surface area contributed by atoms with E-state index in [1.807, 2.05) is 13.0 Å². The number of nitrogen functional groups attached to an aromatic ring is 2. The van der Waals surface area contributed by atoms with Crippen molar-refractivity contribution in [1.82, 2.24) is 9.97 Å². The second kappa shape index (κ2) is 6.13. The number of sulfone groups is 1. The molecule has 0 atom stereocenters. The van der Waals surface area contributed by atoms with E-state index in [0.717, 1.165) is 22.4 Å². The standard InChI is InChI=1S/C14H18N4O2S2/c1-4-9-5-8(2)12(22(3,19)20)6-10(9)21-11-7-17-14(16)18-13(11)15/h5-7H,4H2,1-3H3,(H4,15,16,17,18). The van der Waals surface area contributed by atoms with E-state index < -0.39 is 9.84 Å². The van der Waals surface area contributed by atoms with Crippen molar-refractivity contribution < 1.29 is 8.42 Å². The Balaban J connectivity index is 2.54. The summed E-state index contributed by atoms with van der Waals surface area (Å²) < 4.78 is 23.8. The number of anilines is 2. The molecule has 1 aromatic carbocycles. The van der Waals surface area contributed by atoms with Crippen molar-refractivity contribution in [3.05, 3.63) is 29.5 Å². The number of hydrogen-bond acceptors (Lipinski definition) is 7. The third-order valence-electron chi connectivity index (χ3n) is 3.16. The van der Waals surface area contributed by atoms with E-state index in [4.69, 9.17) is 11.5 Å². The van der Waals surface area contributed by atoms with Gasteiger partial charge in [-0.25, -0.2) is 13.4 Å². The van der Waals surface area contributed by atoms with Crippen LogP contribution < -0.4 is 11.5 Å². The van der Waals surface area contributed by atoms with Crippen molar-refractivity contribution in [2.75, 3.05) is 17.7 Å². The molecule has 2 rings (SSSR count). The van der Waals surface area contributed by atoms with Crippen molar-refractivity contribution in [2.24, 2.45) is 0 Å². The van der Waals surface area contributed by atoms with Gasteiger partial charge in [0.2, 0.25) is 5.95 Å². The Kier molecular flexibility index (Phi) is 4.62. The molecule has 0 bridgehead atoms. The Labute approximate surface area is 134 Å². The highest BCUT2D eigenvalue weighted by Crippen LogP contribution is 2.36. The van der Waals surface area contributed by atoms with E-state index in [1.165, 1.54) is 18.0 Å². The molecule has 2 aromatic rings. The first kappa shape index (κ1) is 16.6. The fraction of sp³-hybridized carbons (Fsp3) is 0.286. The minimum atomic E-state index is -3.29. The first-order valence-corrected chi connectivity index (χ1v) is 9.32. The molecule has 1 aromatic heterocycles. The van der Waals surface area contributed by atoms with Crippen molar-refractivity contribution in [3.8, 4) is 0 Å². The van der Waals surface area contributed by atoms with Gasteiger partial charge in [-0.3, -0.25) is 0 Å². The fourth-order valence-electron chi connectivity index (χ4n) is 2.10. The summed E-state index contributed by atoms with van der Waals surface area (Å²) >= 11 is 1.34. The smallest absolute Gasteiger partial charge is 0.221 e. The van der Waals surface area contributed by atoms with Crippen LogP contribution in [0.2, 0.25) is 0 Å². The van der Waals surface area contributed by atoms with E-state index in [2.05, 4.69) is 9.97 Å². The topological polar surface area (TPSA) is 112 Å². The van der Waals surface area contributed by atoms with Gasteiger partial charge in [0.15, 0.2) is 9.84 Å². The molecule has 118 valence electrons. The lowest BCUT2D eigenvalue weighted by Crippen LogP contribution is -2.03. The number of nitrogens with two attached hydrogens (primary N) is 2. The van der Waals surface area contributed by atoms with Crippen LogP contribution in [0.3, 0.4) is 0 Å². The van der Waals surface area contributed by atoms with Crippen molar-refractivity contribution in [2.45, 2.75) is 35.0 Å². The molecular weight excluding hydrogens is 320 g/mol. The van der Waals surface area contributed by atoms with Crippen LogP contribution >= 0.6 is 11.8 Å². The highest BCUT2D eigenvalue weighted by atomic mass is 32.2. The molecule has 0 saturated heterocycles. The Morgan fingerprint density at radius 1 is 1.23 bits per heavy atom. The minimum Gasteiger partial charge on any atom is -0.383 e. The maximum atomic E-state index is 11.9. The van der Waals surface area contributed by atoms with E-state index in [-0.39, 0.29) is 11.8 Å². The summed E-state index contributed by atoms with van der Waals surface area (Å²) in [5.41, 5.74) is 13.1. The Bertz CT molecular complexity index is 820. The maximum Gasteiger partial charge on any atom is 0.221 e. The molecule has 6 nitrogen and oxygen atoms in total. The lowest BCUT2D eigenvalue weighted by molar-refractivity contribution is 0.601. The molecular formula is C14H18N4O2S2. The molecule has 0 unspecified atom stereocenters. The van der Waals surface area contributed by atoms with Gasteiger partial charge in [0, 0.05) is 17.3 Å². The monoisotopic (exact) mass is 338 g/mol. The minimum absolute atomic E-state index is 0.110. The first-order valence-electron chi connectivity index (χ1n) is 6.61. The van der Waals surface area contributed by atoms with Gasteiger partial charge in [-0.2, -0.15) is 4.98 Å². The summed E-state index contributed by atoms with van der Waals surface area (Å²) in [6.07, 6.45) is 3.53. The molecule has 22 heavy (non-hydrogen) atoms. The number of aryl methyl sites for hydroxylation is 2. The second-order valence-electron chi connectivity index (χ2n) is 4.93. The lowest BCUT2D eigenvalue weighted by atomic mass is 10.1. The highest BCUT2D eigenvalue weighted by Gasteiger charge is 2.16. The van der Waals surface area contributed by atoms with Gasteiger partial charge >= 0.3 is 0 Å². The molecule has 0 aliphatic heterocycles. The molecule has 8 heteroatoms. The van der Waals surface area contributed by atoms with Crippen LogP contribution in [0, 0.1) is 6.92 Å². The molecule has 4 N–H and O–H groups in total. The average Bonchev–Trinajstić information content (AvgIpc) is 2.41. The zero-order valence-corrected chi connectivity index (χ0v) is 14.3. The van der Waals surface area contributed by atoms with E-state index in [0.29, 0.717) is 9.79 Å². The SMILES string of the molecule is CCc1cc(C)c(S(C)(=O)=O)cc1Sc1cnc(N)nc1N. The summed E-state index contributed by atoms with van der Waals surface area (Å²) in [5, 5.41) is 0. The van der Waals surface area contributed by atoms with Crippen LogP contribution in [0.1, 0.15) is 18.1 Å². The molecule has 0 aliphatic rings. The maximum absolute atomic E-state index is 11.9. The zero-order chi connectivity index (χ0) is 16.5. The third kappa shape index (κ3) is 3.50. The number of hydrogen-bond donors (Lipinski definition) is 2. The van der Waals surface area contributed by atoms with Gasteiger partial charge in [-0.05, 0) is 30.5 Å². The number of rotatable bonds is 4. The van der Waals surface area contributed by atoms with Crippen molar-refractivity contribution in [3.63, 3.8) is 0 Å². The number of aromatic nitrogens is 2. The second-order valence-corrected chi connectivity index (χ2v) is 8.00. The van der Waals surface area contributed by atoms with Crippen LogP contribution in [-0.2, 0) is 16.3 Å². The van der Waals surface area contributed by atoms with Crippen LogP contribution in [-0.4, -0.2) is 24.6 Å². The van der Waals surface area contributed by atoms with Crippen LogP contribution in [0.5, 0.6) is 0 Å². The molecule has 0 radical (unpaired) electrons. The molecule has 0 fully saturated rings. The Morgan fingerprint density at radius 2 is 1.91 bits per heavy atom. The molecule has 0 amide bonds. The quantitative estimate of drug-likeness (QED) is 0.877. The van der Waals surface area contributed by atoms with Crippen molar-refractivity contribution >= 4 is 33.4 Å². The highest BCUT2D eigenvalue weighted by molar-refractivity contribution is 7.99. The summed E-state index contributed by atoms with van der Waals surface area (Å²) in [6, 6.07) is 3.58. The van der Waals surface area contributed by atoms with Gasteiger partial charge in [-0.15, -0.1) is 0 Å². The predicted molar refractivity (Wildman–Crippen MR) is 88.6 cm³/mol. The summed E-state index contributed by atoms with van der Waals surface area (Å²) in [5.74, 6) is 0.388. The first-order chi connectivity index (χ1) is 10.2. The molecule has 0 spiro atoms. The number of nitrogens with zero attached hydrogens (tertiary/aromatic N) is 2. The summed E-state index contributed by atoms with van der Waals surface area (Å²) in [7, 11) is -3.29. The van der Waals surface area contributed by atoms with Gasteiger partial charge < -0.3 is 11.5 Å². The number of benzene rings is 1. The Hall–Kier alpha value is -1.80. The van der Waals surface area contributed by atoms with Crippen molar-refractivity contribution in [1.29, 1.82) is 0 Å². The van der Waals surface area contributed by atoms with E-state index in [1.54, 1.807) is 19.2 Å². The van der Waals surface area contributed by atoms with Crippen LogP contribution in [0.4, 0.5) is 11.8 Å². The molecule has 0 saturated carbocycles. The van der Waals surface area contributed by atoms with Gasteiger partial charge in [-0.1, -0.05) is 24.8 Å². The lowest BCUT2D eigenvalue weighted by Gasteiger charge is -2.13. The summed E-state index contributed by atoms with van der Waals surface area (Å²) in [4.78, 5) is 9.64. The van der Waals surface area contributed by atoms with Gasteiger partial charge in [0.1, 0.15) is 5.82 Å². The third-order valence-corrected chi connectivity index (χ3v) is 5.53. The summed E-state index contributed by atoms with van der Waals surface area (Å²) in [6.45, 7) is 3.81. The van der Waals surface area contributed by atoms with Crippen LogP contribution in [0.25, 0.3) is 0 Å². The van der Waals surface area contributed by atoms with Gasteiger partial charge in [0.05, 0.1) is 9.79 Å². The van der Waals surface area contributed by atoms with E-state index >= 15 is 0 Å². The molecule has 1 heterocycles. The molecule has 0 aliphatic carbocycles. The normalized spacial score (nSPS) is 11.6. The fourth-order valence-corrected chi connectivity index (χ4v) is 4.15. The Morgan fingerprint density at radius 3 is 2.45 bits per heavy atom. The average molecular weight is 338 g/mol.